The van der Waals surface area contributed by atoms with Crippen molar-refractivity contribution < 1.29 is 0 Å². The topological polar surface area (TPSA) is 15.3 Å². The number of benzene rings is 1. The molecule has 0 radical (unpaired) electrons. The van der Waals surface area contributed by atoms with Crippen LogP contribution in [0.25, 0.3) is 0 Å². The third kappa shape index (κ3) is 3.73. The largest absolute Gasteiger partial charge is 0.314 e. The molecule has 17 heavy (non-hydrogen) atoms. The van der Waals surface area contributed by atoms with Gasteiger partial charge >= 0.3 is 0 Å². The van der Waals surface area contributed by atoms with E-state index in [4.69, 9.17) is 0 Å². The lowest BCUT2D eigenvalue weighted by Crippen LogP contribution is -2.56. The lowest BCUT2D eigenvalue weighted by Gasteiger charge is -2.35. The van der Waals surface area contributed by atoms with Gasteiger partial charge in [-0.15, -0.1) is 11.8 Å². The summed E-state index contributed by atoms with van der Waals surface area (Å²) in [5.74, 6) is 1.15. The molecule has 1 N–H and O–H groups in total. The second-order valence-corrected chi connectivity index (χ2v) is 5.96. The highest BCUT2D eigenvalue weighted by atomic mass is 32.2. The number of likely N-dealkylation sites (N-methyl/N-ethyl adjacent to an activating group) is 1. The summed E-state index contributed by atoms with van der Waals surface area (Å²) < 4.78 is 0. The van der Waals surface area contributed by atoms with Crippen molar-refractivity contribution in [3.8, 4) is 0 Å². The molecule has 1 aromatic rings. The molecule has 0 saturated carbocycles. The molecule has 1 fully saturated rings. The van der Waals surface area contributed by atoms with Gasteiger partial charge in [0.05, 0.1) is 0 Å². The van der Waals surface area contributed by atoms with Gasteiger partial charge in [0.2, 0.25) is 0 Å². The zero-order valence-corrected chi connectivity index (χ0v) is 11.6. The Balaban J connectivity index is 1.77. The second kappa shape index (κ2) is 6.43. The summed E-state index contributed by atoms with van der Waals surface area (Å²) in [5.41, 5.74) is 1.45. The lowest BCUT2D eigenvalue weighted by molar-refractivity contribution is 0.182. The molecule has 1 saturated heterocycles. The first-order chi connectivity index (χ1) is 8.29. The molecule has 0 spiro atoms. The van der Waals surface area contributed by atoms with E-state index in [1.54, 1.807) is 0 Å². The van der Waals surface area contributed by atoms with E-state index < -0.39 is 0 Å². The van der Waals surface area contributed by atoms with Gasteiger partial charge in [-0.2, -0.15) is 0 Å². The predicted molar refractivity (Wildman–Crippen MR) is 75.8 cm³/mol. The number of nitrogens with zero attached hydrogens (tertiary/aromatic N) is 1. The molecule has 2 nitrogen and oxygen atoms in total. The Bertz CT molecular complexity index is 333. The average Bonchev–Trinajstić information content (AvgIpc) is 2.26. The van der Waals surface area contributed by atoms with E-state index in [1.807, 2.05) is 11.8 Å². The quantitative estimate of drug-likeness (QED) is 0.780. The summed E-state index contributed by atoms with van der Waals surface area (Å²) in [7, 11) is 2.23. The van der Waals surface area contributed by atoms with Gasteiger partial charge in [-0.05, 0) is 36.9 Å². The maximum atomic E-state index is 3.32. The second-order valence-electron chi connectivity index (χ2n) is 4.62. The maximum absolute atomic E-state index is 3.32. The van der Waals surface area contributed by atoms with E-state index in [0.29, 0.717) is 0 Å². The molecule has 3 heteroatoms. The minimum Gasteiger partial charge on any atom is -0.314 e. The molecular weight excluding hydrogens is 228 g/mol. The van der Waals surface area contributed by atoms with Crippen molar-refractivity contribution in [3.05, 3.63) is 29.8 Å². The summed E-state index contributed by atoms with van der Waals surface area (Å²) in [6.07, 6.45) is 1.16. The van der Waals surface area contributed by atoms with Crippen LogP contribution >= 0.6 is 11.8 Å². The van der Waals surface area contributed by atoms with Crippen LogP contribution in [0.5, 0.6) is 0 Å². The fraction of sp³-hybridized carbons (Fsp3) is 0.571. The third-order valence-electron chi connectivity index (χ3n) is 3.37. The van der Waals surface area contributed by atoms with Gasteiger partial charge in [-0.1, -0.05) is 19.1 Å². The van der Waals surface area contributed by atoms with Gasteiger partial charge in [0.15, 0.2) is 0 Å². The number of rotatable bonds is 6. The van der Waals surface area contributed by atoms with Crippen LogP contribution < -0.4 is 5.32 Å². The predicted octanol–water partition coefficient (Wildman–Crippen LogP) is 2.24. The van der Waals surface area contributed by atoms with E-state index in [0.717, 1.165) is 37.8 Å². The third-order valence-corrected chi connectivity index (χ3v) is 4.26. The fourth-order valence-corrected chi connectivity index (χ4v) is 2.65. The molecule has 0 bridgehead atoms. The Kier molecular flexibility index (Phi) is 4.89. The van der Waals surface area contributed by atoms with Crippen LogP contribution in [0.1, 0.15) is 12.5 Å². The van der Waals surface area contributed by atoms with Crippen molar-refractivity contribution in [2.75, 3.05) is 32.4 Å². The van der Waals surface area contributed by atoms with E-state index in [2.05, 4.69) is 48.5 Å². The minimum absolute atomic E-state index is 0.755. The Hall–Kier alpha value is -0.510. The summed E-state index contributed by atoms with van der Waals surface area (Å²) in [5, 5.41) is 3.32. The number of hydrogen-bond donors (Lipinski definition) is 1. The first-order valence-electron chi connectivity index (χ1n) is 6.42. The van der Waals surface area contributed by atoms with E-state index in [1.165, 1.54) is 10.5 Å². The van der Waals surface area contributed by atoms with E-state index >= 15 is 0 Å². The zero-order valence-electron chi connectivity index (χ0n) is 10.8. The normalized spacial score (nSPS) is 16.2. The van der Waals surface area contributed by atoms with Crippen LogP contribution in [-0.2, 0) is 6.42 Å². The van der Waals surface area contributed by atoms with Crippen LogP contribution in [0.4, 0.5) is 0 Å². The van der Waals surface area contributed by atoms with Gasteiger partial charge in [-0.3, -0.25) is 0 Å². The molecule has 0 unspecified atom stereocenters. The van der Waals surface area contributed by atoms with Gasteiger partial charge in [-0.25, -0.2) is 0 Å². The molecule has 1 aliphatic heterocycles. The van der Waals surface area contributed by atoms with Crippen molar-refractivity contribution in [1.29, 1.82) is 0 Å². The maximum Gasteiger partial charge on any atom is 0.0342 e. The van der Waals surface area contributed by atoms with Crippen molar-refractivity contribution in [1.82, 2.24) is 10.2 Å². The van der Waals surface area contributed by atoms with Crippen molar-refractivity contribution in [2.24, 2.45) is 0 Å². The Morgan fingerprint density at radius 3 is 2.53 bits per heavy atom. The van der Waals surface area contributed by atoms with Crippen LogP contribution in [0.15, 0.2) is 29.2 Å². The Morgan fingerprint density at radius 1 is 1.29 bits per heavy atom. The first-order valence-corrected chi connectivity index (χ1v) is 7.41. The summed E-state index contributed by atoms with van der Waals surface area (Å²) in [4.78, 5) is 3.85. The first kappa shape index (κ1) is 12.9. The summed E-state index contributed by atoms with van der Waals surface area (Å²) >= 11 is 1.91. The van der Waals surface area contributed by atoms with Crippen molar-refractivity contribution >= 4 is 11.8 Å². The monoisotopic (exact) mass is 250 g/mol. The van der Waals surface area contributed by atoms with Crippen LogP contribution in [0, 0.1) is 0 Å². The fourth-order valence-electron chi connectivity index (χ4n) is 1.99. The molecule has 0 aromatic heterocycles. The van der Waals surface area contributed by atoms with Crippen LogP contribution in [0.2, 0.25) is 0 Å². The summed E-state index contributed by atoms with van der Waals surface area (Å²) in [6.45, 7) is 5.66. The lowest BCUT2D eigenvalue weighted by atomic mass is 10.1. The molecule has 2 rings (SSSR count). The van der Waals surface area contributed by atoms with Gasteiger partial charge < -0.3 is 10.2 Å². The number of nitrogens with one attached hydrogen (secondary N) is 1. The highest BCUT2D eigenvalue weighted by molar-refractivity contribution is 7.99. The number of hydrogen-bond acceptors (Lipinski definition) is 3. The molecule has 1 heterocycles. The molecule has 0 aliphatic carbocycles. The Morgan fingerprint density at radius 2 is 2.00 bits per heavy atom. The van der Waals surface area contributed by atoms with E-state index in [-0.39, 0.29) is 0 Å². The smallest absolute Gasteiger partial charge is 0.0342 e. The summed E-state index contributed by atoms with van der Waals surface area (Å²) in [6, 6.07) is 9.78. The average molecular weight is 250 g/mol. The standard InChI is InChI=1S/C14H22N2S/c1-3-17-14-6-4-12(5-7-14)8-9-16(2)13-10-15-11-13/h4-7,13,15H,3,8-11H2,1-2H3. The highest BCUT2D eigenvalue weighted by Crippen LogP contribution is 2.18. The molecule has 1 aromatic carbocycles. The van der Waals surface area contributed by atoms with Gasteiger partial charge in [0.25, 0.3) is 0 Å². The highest BCUT2D eigenvalue weighted by Gasteiger charge is 2.20. The van der Waals surface area contributed by atoms with Gasteiger partial charge in [0, 0.05) is 30.6 Å². The minimum atomic E-state index is 0.755. The van der Waals surface area contributed by atoms with Gasteiger partial charge in [0.1, 0.15) is 0 Å². The molecule has 94 valence electrons. The number of thioether (sulfide) groups is 1. The van der Waals surface area contributed by atoms with Crippen molar-refractivity contribution in [3.63, 3.8) is 0 Å². The SMILES string of the molecule is CCSc1ccc(CCN(C)C2CNC2)cc1. The van der Waals surface area contributed by atoms with Crippen LogP contribution in [0.3, 0.4) is 0 Å². The Labute approximate surface area is 109 Å². The van der Waals surface area contributed by atoms with Crippen LogP contribution in [-0.4, -0.2) is 43.4 Å². The van der Waals surface area contributed by atoms with E-state index in [9.17, 15) is 0 Å². The zero-order chi connectivity index (χ0) is 12.1. The molecular formula is C14H22N2S. The molecule has 1 aliphatic rings. The molecule has 0 atom stereocenters. The van der Waals surface area contributed by atoms with Crippen molar-refractivity contribution in [2.45, 2.75) is 24.3 Å². The molecule has 0 amide bonds.